The number of carboxylic acids is 1. The lowest BCUT2D eigenvalue weighted by atomic mass is 9.99. The monoisotopic (exact) mass is 602 g/mol. The zero-order valence-electron chi connectivity index (χ0n) is 23.8. The highest BCUT2D eigenvalue weighted by Gasteiger charge is 2.32. The van der Waals surface area contributed by atoms with Gasteiger partial charge in [-0.05, 0) is 33.9 Å². The molecule has 0 aliphatic carbocycles. The number of hydrogen-bond acceptors (Lipinski definition) is 8. The number of aliphatic hydroxyl groups is 1. The van der Waals surface area contributed by atoms with Crippen molar-refractivity contribution in [1.82, 2.24) is 20.1 Å². The van der Waals surface area contributed by atoms with Crippen LogP contribution >= 0.6 is 11.8 Å². The molecule has 3 unspecified atom stereocenters. The van der Waals surface area contributed by atoms with Gasteiger partial charge in [-0.2, -0.15) is 0 Å². The Kier molecular flexibility index (Phi) is 10.2. The molecule has 1 aromatic heterocycles. The highest BCUT2D eigenvalue weighted by atomic mass is 32.2. The van der Waals surface area contributed by atoms with Crippen molar-refractivity contribution in [2.75, 3.05) is 5.75 Å². The average molecular weight is 603 g/mol. The first-order valence-corrected chi connectivity index (χ1v) is 15.0. The van der Waals surface area contributed by atoms with Crippen LogP contribution in [0.1, 0.15) is 53.9 Å². The first kappa shape index (κ1) is 30.4. The van der Waals surface area contributed by atoms with Crippen LogP contribution in [-0.4, -0.2) is 48.7 Å². The maximum Gasteiger partial charge on any atom is 0.303 e. The zero-order valence-corrected chi connectivity index (χ0v) is 24.6. The molecule has 11 heteroatoms. The summed E-state index contributed by atoms with van der Waals surface area (Å²) in [4.78, 5) is 22.6. The smallest absolute Gasteiger partial charge is 0.303 e. The predicted molar refractivity (Wildman–Crippen MR) is 161 cm³/mol. The van der Waals surface area contributed by atoms with Crippen LogP contribution < -0.4 is 5.32 Å². The lowest BCUT2D eigenvalue weighted by Crippen LogP contribution is -2.31. The summed E-state index contributed by atoms with van der Waals surface area (Å²) in [6, 6.07) is 23.7. The molecule has 1 aliphatic rings. The molecule has 10 nitrogen and oxygen atoms in total. The third kappa shape index (κ3) is 8.29. The summed E-state index contributed by atoms with van der Waals surface area (Å²) in [5, 5.41) is 30.0. The van der Waals surface area contributed by atoms with E-state index in [2.05, 4.69) is 15.5 Å². The Labute approximate surface area is 254 Å². The number of aryl methyl sites for hydroxylation is 1. The van der Waals surface area contributed by atoms with Crippen molar-refractivity contribution in [2.24, 2.45) is 7.05 Å². The van der Waals surface area contributed by atoms with Gasteiger partial charge in [-0.25, -0.2) is 0 Å². The molecule has 4 aromatic rings. The fraction of sp³-hybridized carbons (Fsp3) is 0.312. The van der Waals surface area contributed by atoms with Gasteiger partial charge in [0.05, 0.1) is 25.2 Å². The summed E-state index contributed by atoms with van der Waals surface area (Å²) < 4.78 is 14.8. The van der Waals surface area contributed by atoms with Gasteiger partial charge in [0.25, 0.3) is 0 Å². The number of aliphatic carboxylic acids is 1. The van der Waals surface area contributed by atoms with Gasteiger partial charge in [0.2, 0.25) is 5.91 Å². The van der Waals surface area contributed by atoms with E-state index in [1.54, 1.807) is 18.1 Å². The molecular formula is C32H34N4O6S. The molecule has 3 aromatic carbocycles. The second-order valence-electron chi connectivity index (χ2n) is 10.4. The molecule has 1 saturated heterocycles. The third-order valence-electron chi connectivity index (χ3n) is 7.18. The molecular weight excluding hydrogens is 568 g/mol. The Balaban J connectivity index is 1.28. The minimum Gasteiger partial charge on any atom is -0.481 e. The Morgan fingerprint density at radius 3 is 2.44 bits per heavy atom. The minimum atomic E-state index is -0.992. The average Bonchev–Trinajstić information content (AvgIpc) is 3.46. The molecule has 0 radical (unpaired) electrons. The largest absolute Gasteiger partial charge is 0.481 e. The first-order valence-electron chi connectivity index (χ1n) is 14.0. The lowest BCUT2D eigenvalue weighted by Gasteiger charge is -2.36. The Hall–Kier alpha value is -4.03. The number of benzene rings is 3. The van der Waals surface area contributed by atoms with Gasteiger partial charge in [0, 0.05) is 37.8 Å². The maximum atomic E-state index is 11.9. The third-order valence-corrected chi connectivity index (χ3v) is 8.35. The molecule has 0 bridgehead atoms. The van der Waals surface area contributed by atoms with Crippen molar-refractivity contribution < 1.29 is 29.3 Å². The van der Waals surface area contributed by atoms with E-state index >= 15 is 0 Å². The number of aromatic nitrogens is 3. The van der Waals surface area contributed by atoms with Crippen molar-refractivity contribution in [3.8, 4) is 11.1 Å². The van der Waals surface area contributed by atoms with E-state index < -0.39 is 12.3 Å². The Morgan fingerprint density at radius 2 is 1.74 bits per heavy atom. The van der Waals surface area contributed by atoms with E-state index in [1.807, 2.05) is 84.4 Å². The maximum absolute atomic E-state index is 11.9. The number of ether oxygens (including phenoxy) is 2. The number of carboxylic acid groups (broad SMARTS) is 1. The molecule has 0 spiro atoms. The minimum absolute atomic E-state index is 0.00874. The molecule has 5 rings (SSSR count). The summed E-state index contributed by atoms with van der Waals surface area (Å²) in [7, 11) is 1.91. The van der Waals surface area contributed by atoms with E-state index in [1.165, 1.54) is 0 Å². The second kappa shape index (κ2) is 14.4. The van der Waals surface area contributed by atoms with Crippen LogP contribution in [0.5, 0.6) is 0 Å². The van der Waals surface area contributed by atoms with E-state index in [9.17, 15) is 14.7 Å². The fourth-order valence-electron chi connectivity index (χ4n) is 4.80. The van der Waals surface area contributed by atoms with Crippen molar-refractivity contribution in [3.05, 3.63) is 101 Å². The first-order chi connectivity index (χ1) is 20.9. The molecule has 2 heterocycles. The molecule has 1 amide bonds. The van der Waals surface area contributed by atoms with Gasteiger partial charge < -0.3 is 29.6 Å². The summed E-state index contributed by atoms with van der Waals surface area (Å²) >= 11 is 1.59. The number of nitrogens with one attached hydrogen (secondary N) is 1. The number of rotatable bonds is 12. The van der Waals surface area contributed by atoms with Crippen LogP contribution in [0.2, 0.25) is 0 Å². The van der Waals surface area contributed by atoms with E-state index in [0.29, 0.717) is 18.7 Å². The number of nitrogens with zero attached hydrogens (tertiary/aromatic N) is 3. The number of thioether (sulfide) groups is 1. The SMILES string of the molecule is Cn1cnnc1SCC1CC(c2ccc(CO)cc2)OC(c2ccc(-c3cccc(CNC(=O)CCC(=O)O)c3)cc2)O1. The molecule has 0 saturated carbocycles. The number of hydrogen-bond donors (Lipinski definition) is 3. The summed E-state index contributed by atoms with van der Waals surface area (Å²) in [5.41, 5.74) is 5.70. The topological polar surface area (TPSA) is 136 Å². The predicted octanol–water partition coefficient (Wildman–Crippen LogP) is 4.79. The van der Waals surface area contributed by atoms with Gasteiger partial charge in [0.15, 0.2) is 11.4 Å². The van der Waals surface area contributed by atoms with Crippen LogP contribution in [0.25, 0.3) is 11.1 Å². The number of amides is 1. The number of aliphatic hydroxyl groups excluding tert-OH is 1. The molecule has 1 fully saturated rings. The van der Waals surface area contributed by atoms with Gasteiger partial charge >= 0.3 is 5.97 Å². The number of carbonyl (C=O) groups excluding carboxylic acids is 1. The van der Waals surface area contributed by atoms with Crippen LogP contribution in [0.3, 0.4) is 0 Å². The summed E-state index contributed by atoms with van der Waals surface area (Å²) in [6.07, 6.45) is 1.28. The van der Waals surface area contributed by atoms with Crippen LogP contribution in [-0.2, 0) is 39.3 Å². The fourth-order valence-corrected chi connectivity index (χ4v) is 5.70. The van der Waals surface area contributed by atoms with Gasteiger partial charge in [0.1, 0.15) is 6.33 Å². The van der Waals surface area contributed by atoms with E-state index in [-0.39, 0.29) is 37.6 Å². The van der Waals surface area contributed by atoms with Crippen molar-refractivity contribution in [3.63, 3.8) is 0 Å². The summed E-state index contributed by atoms with van der Waals surface area (Å²) in [5.74, 6) is -0.594. The molecule has 1 aliphatic heterocycles. The van der Waals surface area contributed by atoms with Crippen LogP contribution in [0.4, 0.5) is 0 Å². The normalized spacial score (nSPS) is 18.3. The van der Waals surface area contributed by atoms with Crippen molar-refractivity contribution in [2.45, 2.75) is 56.1 Å². The standard InChI is InChI=1S/C32H34N4O6S/c1-36-20-34-35-32(36)43-19-27-16-28(24-7-5-21(18-37)6-8-24)42-31(41-27)25-11-9-23(10-12-25)26-4-2-3-22(15-26)17-33-29(38)13-14-30(39)40/h2-12,15,20,27-28,31,37H,13-14,16-19H2,1H3,(H,33,38)(H,39,40). The van der Waals surface area contributed by atoms with E-state index in [0.717, 1.165) is 38.5 Å². The zero-order chi connectivity index (χ0) is 30.2. The van der Waals surface area contributed by atoms with Crippen molar-refractivity contribution >= 4 is 23.6 Å². The van der Waals surface area contributed by atoms with Gasteiger partial charge in [-0.3, -0.25) is 9.59 Å². The Morgan fingerprint density at radius 1 is 0.977 bits per heavy atom. The molecule has 224 valence electrons. The second-order valence-corrected chi connectivity index (χ2v) is 11.4. The highest BCUT2D eigenvalue weighted by molar-refractivity contribution is 7.99. The molecule has 43 heavy (non-hydrogen) atoms. The quantitative estimate of drug-likeness (QED) is 0.196. The van der Waals surface area contributed by atoms with Gasteiger partial charge in [-0.15, -0.1) is 10.2 Å². The lowest BCUT2D eigenvalue weighted by molar-refractivity contribution is -0.245. The number of carbonyl (C=O) groups is 2. The Bertz CT molecular complexity index is 1530. The van der Waals surface area contributed by atoms with Crippen molar-refractivity contribution in [1.29, 1.82) is 0 Å². The van der Waals surface area contributed by atoms with Crippen LogP contribution in [0.15, 0.2) is 84.3 Å². The van der Waals surface area contributed by atoms with Gasteiger partial charge in [-0.1, -0.05) is 78.5 Å². The van der Waals surface area contributed by atoms with E-state index in [4.69, 9.17) is 14.6 Å². The molecule has 3 atom stereocenters. The summed E-state index contributed by atoms with van der Waals surface area (Å²) in [6.45, 7) is 0.313. The molecule has 3 N–H and O–H groups in total. The highest BCUT2D eigenvalue weighted by Crippen LogP contribution is 2.39. The van der Waals surface area contributed by atoms with Crippen LogP contribution in [0, 0.1) is 0 Å².